The van der Waals surface area contributed by atoms with Crippen LogP contribution in [0.15, 0.2) is 24.3 Å². The smallest absolute Gasteiger partial charge is 0.224 e. The molecule has 2 rings (SSSR count). The van der Waals surface area contributed by atoms with Crippen molar-refractivity contribution in [3.63, 3.8) is 0 Å². The summed E-state index contributed by atoms with van der Waals surface area (Å²) in [6, 6.07) is 7.63. The Hall–Kier alpha value is -1.59. The first-order chi connectivity index (χ1) is 11.4. The van der Waals surface area contributed by atoms with E-state index in [2.05, 4.69) is 5.32 Å². The molecule has 5 nitrogen and oxygen atoms in total. The van der Waals surface area contributed by atoms with Crippen LogP contribution < -0.4 is 10.1 Å². The van der Waals surface area contributed by atoms with Gasteiger partial charge in [-0.3, -0.25) is 4.79 Å². The van der Waals surface area contributed by atoms with Crippen molar-refractivity contribution >= 4 is 5.91 Å². The van der Waals surface area contributed by atoms with E-state index in [4.69, 9.17) is 14.2 Å². The predicted molar refractivity (Wildman–Crippen MR) is 93.3 cm³/mol. The van der Waals surface area contributed by atoms with Gasteiger partial charge in [0.2, 0.25) is 5.91 Å². The number of carbonyl (C=O) groups excluding carboxylic acids is 1. The van der Waals surface area contributed by atoms with Gasteiger partial charge in [0.1, 0.15) is 5.75 Å². The molecule has 1 aliphatic heterocycles. The van der Waals surface area contributed by atoms with Crippen molar-refractivity contribution in [1.29, 1.82) is 0 Å². The van der Waals surface area contributed by atoms with Gasteiger partial charge in [0.25, 0.3) is 0 Å². The Kier molecular flexibility index (Phi) is 6.63. The van der Waals surface area contributed by atoms with E-state index in [1.165, 1.54) is 0 Å². The van der Waals surface area contributed by atoms with Crippen molar-refractivity contribution in [2.24, 2.45) is 0 Å². The Balaban J connectivity index is 1.95. The van der Waals surface area contributed by atoms with Gasteiger partial charge in [0.15, 0.2) is 0 Å². The van der Waals surface area contributed by atoms with E-state index in [1.807, 2.05) is 45.0 Å². The van der Waals surface area contributed by atoms with E-state index < -0.39 is 0 Å². The van der Waals surface area contributed by atoms with Crippen LogP contribution in [-0.4, -0.2) is 44.0 Å². The first-order valence-corrected chi connectivity index (χ1v) is 8.63. The number of hydrogen-bond acceptors (Lipinski definition) is 4. The molecule has 0 spiro atoms. The molecule has 1 aromatic rings. The van der Waals surface area contributed by atoms with E-state index in [1.54, 1.807) is 7.11 Å². The van der Waals surface area contributed by atoms with Crippen molar-refractivity contribution < 1.29 is 19.0 Å². The number of nitrogens with one attached hydrogen (secondary N) is 1. The minimum absolute atomic E-state index is 0.00730. The number of methoxy groups -OCH3 is 1. The van der Waals surface area contributed by atoms with Crippen LogP contribution in [0.4, 0.5) is 0 Å². The van der Waals surface area contributed by atoms with Crippen LogP contribution in [0.1, 0.15) is 39.2 Å². The summed E-state index contributed by atoms with van der Waals surface area (Å²) >= 11 is 0. The lowest BCUT2D eigenvalue weighted by atomic mass is 9.86. The van der Waals surface area contributed by atoms with Crippen molar-refractivity contribution in [3.8, 4) is 5.75 Å². The summed E-state index contributed by atoms with van der Waals surface area (Å²) in [5.41, 5.74) is 0.604. The molecule has 1 atom stereocenters. The zero-order valence-electron chi connectivity index (χ0n) is 15.1. The molecule has 24 heavy (non-hydrogen) atoms. The highest BCUT2D eigenvalue weighted by Crippen LogP contribution is 2.28. The highest BCUT2D eigenvalue weighted by Gasteiger charge is 2.38. The van der Waals surface area contributed by atoms with Crippen LogP contribution in [0.2, 0.25) is 0 Å². The van der Waals surface area contributed by atoms with E-state index in [-0.39, 0.29) is 23.7 Å². The van der Waals surface area contributed by atoms with Gasteiger partial charge in [-0.2, -0.15) is 0 Å². The minimum atomic E-state index is -0.337. The van der Waals surface area contributed by atoms with Gasteiger partial charge in [0.05, 0.1) is 24.2 Å². The number of ether oxygens (including phenoxy) is 3. The lowest BCUT2D eigenvalue weighted by Crippen LogP contribution is -2.55. The quantitative estimate of drug-likeness (QED) is 0.832. The number of rotatable bonds is 7. The third kappa shape index (κ3) is 4.95. The molecule has 134 valence electrons. The van der Waals surface area contributed by atoms with Crippen LogP contribution in [0, 0.1) is 0 Å². The summed E-state index contributed by atoms with van der Waals surface area (Å²) in [6.07, 6.45) is 2.03. The third-order valence-corrected chi connectivity index (χ3v) is 4.55. The van der Waals surface area contributed by atoms with E-state index in [9.17, 15) is 4.79 Å². The molecule has 1 heterocycles. The Labute approximate surface area is 144 Å². The fourth-order valence-electron chi connectivity index (χ4n) is 3.14. The van der Waals surface area contributed by atoms with Gasteiger partial charge < -0.3 is 19.5 Å². The maximum Gasteiger partial charge on any atom is 0.224 e. The Morgan fingerprint density at radius 1 is 1.29 bits per heavy atom. The lowest BCUT2D eigenvalue weighted by Gasteiger charge is -2.41. The summed E-state index contributed by atoms with van der Waals surface area (Å²) in [5, 5.41) is 3.09. The lowest BCUT2D eigenvalue weighted by molar-refractivity contribution is -0.130. The largest absolute Gasteiger partial charge is 0.491 e. The highest BCUT2D eigenvalue weighted by atomic mass is 16.5. The average molecular weight is 335 g/mol. The second-order valence-corrected chi connectivity index (χ2v) is 6.66. The van der Waals surface area contributed by atoms with Crippen molar-refractivity contribution in [1.82, 2.24) is 5.32 Å². The second kappa shape index (κ2) is 8.49. The summed E-state index contributed by atoms with van der Waals surface area (Å²) < 4.78 is 16.8. The maximum absolute atomic E-state index is 12.4. The minimum Gasteiger partial charge on any atom is -0.491 e. The first-order valence-electron chi connectivity index (χ1n) is 8.63. The van der Waals surface area contributed by atoms with Gasteiger partial charge in [0, 0.05) is 33.2 Å². The van der Waals surface area contributed by atoms with Gasteiger partial charge in [-0.05, 0) is 38.5 Å². The zero-order chi connectivity index (χ0) is 17.6. The maximum atomic E-state index is 12.4. The van der Waals surface area contributed by atoms with Crippen molar-refractivity contribution in [2.75, 3.05) is 20.3 Å². The molecule has 5 heteroatoms. The molecule has 0 aliphatic carbocycles. The monoisotopic (exact) mass is 335 g/mol. The molecule has 1 amide bonds. The Morgan fingerprint density at radius 2 is 2.00 bits per heavy atom. The van der Waals surface area contributed by atoms with E-state index in [0.717, 1.165) is 24.2 Å². The van der Waals surface area contributed by atoms with Crippen LogP contribution in [-0.2, 0) is 20.7 Å². The molecular weight excluding hydrogens is 306 g/mol. The molecule has 1 aromatic carbocycles. The first kappa shape index (κ1) is 18.7. The summed E-state index contributed by atoms with van der Waals surface area (Å²) in [4.78, 5) is 12.4. The fourth-order valence-corrected chi connectivity index (χ4v) is 3.14. The topological polar surface area (TPSA) is 56.8 Å². The molecule has 1 unspecified atom stereocenters. The number of benzene rings is 1. The SMILES string of the molecule is COC1(C(C)NC(=O)Cc2cccc(OC(C)C)c2)CCOCC1. The second-order valence-electron chi connectivity index (χ2n) is 6.66. The van der Waals surface area contributed by atoms with Gasteiger partial charge in [-0.1, -0.05) is 12.1 Å². The molecule has 0 saturated carbocycles. The van der Waals surface area contributed by atoms with Crippen LogP contribution in [0.5, 0.6) is 5.75 Å². The summed E-state index contributed by atoms with van der Waals surface area (Å²) in [7, 11) is 1.71. The fraction of sp³-hybridized carbons (Fsp3) is 0.632. The Morgan fingerprint density at radius 3 is 2.62 bits per heavy atom. The van der Waals surface area contributed by atoms with Gasteiger partial charge in [-0.25, -0.2) is 0 Å². The molecule has 0 aromatic heterocycles. The van der Waals surface area contributed by atoms with Crippen molar-refractivity contribution in [3.05, 3.63) is 29.8 Å². The van der Waals surface area contributed by atoms with E-state index >= 15 is 0 Å². The third-order valence-electron chi connectivity index (χ3n) is 4.55. The number of amides is 1. The van der Waals surface area contributed by atoms with Crippen LogP contribution in [0.25, 0.3) is 0 Å². The van der Waals surface area contributed by atoms with Gasteiger partial charge >= 0.3 is 0 Å². The number of hydrogen-bond donors (Lipinski definition) is 1. The standard InChI is InChI=1S/C19H29NO4/c1-14(2)24-17-7-5-6-16(12-17)13-18(21)20-15(3)19(22-4)8-10-23-11-9-19/h5-7,12,14-15H,8-11,13H2,1-4H3,(H,20,21). The summed E-state index contributed by atoms with van der Waals surface area (Å²) in [6.45, 7) is 7.31. The molecule has 1 saturated heterocycles. The van der Waals surface area contributed by atoms with E-state index in [0.29, 0.717) is 19.6 Å². The normalized spacial score (nSPS) is 18.2. The molecular formula is C19H29NO4. The average Bonchev–Trinajstić information content (AvgIpc) is 2.55. The molecule has 1 aliphatic rings. The van der Waals surface area contributed by atoms with Crippen LogP contribution in [0.3, 0.4) is 0 Å². The molecule has 1 N–H and O–H groups in total. The molecule has 1 fully saturated rings. The summed E-state index contributed by atoms with van der Waals surface area (Å²) in [5.74, 6) is 0.785. The molecule has 0 bridgehead atoms. The van der Waals surface area contributed by atoms with Crippen LogP contribution >= 0.6 is 0 Å². The van der Waals surface area contributed by atoms with Crippen molar-refractivity contribution in [2.45, 2.75) is 57.8 Å². The van der Waals surface area contributed by atoms with Gasteiger partial charge in [-0.15, -0.1) is 0 Å². The number of carbonyl (C=O) groups is 1. The highest BCUT2D eigenvalue weighted by molar-refractivity contribution is 5.79. The predicted octanol–water partition coefficient (Wildman–Crippen LogP) is 2.72. The zero-order valence-corrected chi connectivity index (χ0v) is 15.1. The Bertz CT molecular complexity index is 538. The molecule has 0 radical (unpaired) electrons.